The second-order valence-corrected chi connectivity index (χ2v) is 5.05. The number of ether oxygens (including phenoxy) is 2. The Hall–Kier alpha value is -2.11. The summed E-state index contributed by atoms with van der Waals surface area (Å²) >= 11 is 11.9. The van der Waals surface area contributed by atoms with E-state index in [2.05, 4.69) is 0 Å². The highest BCUT2D eigenvalue weighted by Gasteiger charge is 2.13. The zero-order valence-corrected chi connectivity index (χ0v) is 12.8. The number of aromatic hydroxyl groups is 2. The van der Waals surface area contributed by atoms with Gasteiger partial charge in [-0.25, -0.2) is 4.79 Å². The van der Waals surface area contributed by atoms with E-state index in [1.54, 1.807) is 18.2 Å². The Morgan fingerprint density at radius 1 is 1.05 bits per heavy atom. The fourth-order valence-electron chi connectivity index (χ4n) is 1.67. The Balaban J connectivity index is 1.87. The molecule has 0 saturated heterocycles. The lowest BCUT2D eigenvalue weighted by molar-refractivity contribution is 0.0447. The van der Waals surface area contributed by atoms with Crippen LogP contribution in [0.3, 0.4) is 0 Å². The first-order chi connectivity index (χ1) is 10.5. The van der Waals surface area contributed by atoms with Crippen LogP contribution >= 0.6 is 23.2 Å². The van der Waals surface area contributed by atoms with Crippen LogP contribution in [0.4, 0.5) is 0 Å². The number of phenolic OH excluding ortho intramolecular Hbond substituents is 2. The summed E-state index contributed by atoms with van der Waals surface area (Å²) in [5.41, 5.74) is -0.0476. The molecular weight excluding hydrogens is 331 g/mol. The molecule has 5 nitrogen and oxygen atoms in total. The molecule has 2 aromatic carbocycles. The summed E-state index contributed by atoms with van der Waals surface area (Å²) in [4.78, 5) is 11.8. The van der Waals surface area contributed by atoms with Crippen LogP contribution in [-0.2, 0) is 4.74 Å². The van der Waals surface area contributed by atoms with E-state index in [-0.39, 0.29) is 30.3 Å². The summed E-state index contributed by atoms with van der Waals surface area (Å²) in [6.07, 6.45) is 0. The highest BCUT2D eigenvalue weighted by atomic mass is 35.5. The van der Waals surface area contributed by atoms with Gasteiger partial charge in [0.15, 0.2) is 5.75 Å². The van der Waals surface area contributed by atoms with Crippen LogP contribution in [0.2, 0.25) is 10.0 Å². The van der Waals surface area contributed by atoms with Gasteiger partial charge in [0.2, 0.25) is 0 Å². The Kier molecular flexibility index (Phi) is 5.35. The number of benzene rings is 2. The van der Waals surface area contributed by atoms with Gasteiger partial charge in [0.1, 0.15) is 30.3 Å². The van der Waals surface area contributed by atoms with Gasteiger partial charge in [-0.05, 0) is 24.3 Å². The summed E-state index contributed by atoms with van der Waals surface area (Å²) in [7, 11) is 0. The number of hydrogen-bond donors (Lipinski definition) is 2. The van der Waals surface area contributed by atoms with Crippen molar-refractivity contribution in [2.45, 2.75) is 0 Å². The Bertz CT molecular complexity index is 667. The molecule has 7 heteroatoms. The van der Waals surface area contributed by atoms with Gasteiger partial charge in [0.25, 0.3) is 0 Å². The zero-order valence-electron chi connectivity index (χ0n) is 11.3. The molecule has 0 aliphatic heterocycles. The van der Waals surface area contributed by atoms with E-state index < -0.39 is 5.97 Å². The van der Waals surface area contributed by atoms with Crippen molar-refractivity contribution < 1.29 is 24.5 Å². The van der Waals surface area contributed by atoms with Crippen LogP contribution in [0, 0.1) is 0 Å². The van der Waals surface area contributed by atoms with Gasteiger partial charge in [-0.15, -0.1) is 0 Å². The van der Waals surface area contributed by atoms with Crippen molar-refractivity contribution in [3.05, 3.63) is 52.0 Å². The SMILES string of the molecule is O=C(OCCOc1c(Cl)cccc1Cl)c1ccc(O)cc1O. The Labute approximate surface area is 136 Å². The number of esters is 1. The molecular formula is C15H12Cl2O5. The first-order valence-corrected chi connectivity index (χ1v) is 7.00. The van der Waals surface area contributed by atoms with Gasteiger partial charge in [-0.2, -0.15) is 0 Å². The van der Waals surface area contributed by atoms with E-state index in [4.69, 9.17) is 37.8 Å². The normalized spacial score (nSPS) is 10.3. The van der Waals surface area contributed by atoms with E-state index in [9.17, 15) is 9.90 Å². The zero-order chi connectivity index (χ0) is 16.1. The summed E-state index contributed by atoms with van der Waals surface area (Å²) in [6.45, 7) is -0.00522. The number of para-hydroxylation sites is 1. The molecule has 0 radical (unpaired) electrons. The lowest BCUT2D eigenvalue weighted by Gasteiger charge is -2.10. The highest BCUT2D eigenvalue weighted by molar-refractivity contribution is 6.37. The Morgan fingerprint density at radius 3 is 2.36 bits per heavy atom. The van der Waals surface area contributed by atoms with Crippen LogP contribution in [0.1, 0.15) is 10.4 Å². The standard InChI is InChI=1S/C15H12Cl2O5/c16-11-2-1-3-12(17)14(11)21-6-7-22-15(20)10-5-4-9(18)8-13(10)19/h1-5,8,18-19H,6-7H2. The van der Waals surface area contributed by atoms with Crippen LogP contribution in [0.15, 0.2) is 36.4 Å². The fourth-order valence-corrected chi connectivity index (χ4v) is 2.18. The van der Waals surface area contributed by atoms with Gasteiger partial charge in [-0.1, -0.05) is 29.3 Å². The van der Waals surface area contributed by atoms with E-state index in [1.165, 1.54) is 12.1 Å². The number of hydrogen-bond acceptors (Lipinski definition) is 5. The average molecular weight is 343 g/mol. The molecule has 0 bridgehead atoms. The molecule has 0 saturated carbocycles. The van der Waals surface area contributed by atoms with Crippen molar-refractivity contribution in [2.75, 3.05) is 13.2 Å². The molecule has 2 N–H and O–H groups in total. The third-order valence-corrected chi connectivity index (χ3v) is 3.28. The molecule has 2 rings (SSSR count). The van der Waals surface area contributed by atoms with Gasteiger partial charge in [-0.3, -0.25) is 0 Å². The molecule has 116 valence electrons. The number of rotatable bonds is 5. The van der Waals surface area contributed by atoms with Crippen LogP contribution in [-0.4, -0.2) is 29.4 Å². The number of carbonyl (C=O) groups excluding carboxylic acids is 1. The second kappa shape index (κ2) is 7.24. The molecule has 2 aromatic rings. The third kappa shape index (κ3) is 3.96. The number of phenols is 2. The molecule has 0 spiro atoms. The minimum Gasteiger partial charge on any atom is -0.508 e. The van der Waals surface area contributed by atoms with Crippen molar-refractivity contribution in [3.8, 4) is 17.2 Å². The van der Waals surface area contributed by atoms with E-state index in [0.29, 0.717) is 15.8 Å². The van der Waals surface area contributed by atoms with Crippen molar-refractivity contribution in [2.24, 2.45) is 0 Å². The maximum Gasteiger partial charge on any atom is 0.342 e. The first-order valence-electron chi connectivity index (χ1n) is 6.25. The summed E-state index contributed by atoms with van der Waals surface area (Å²) in [5.74, 6) is -0.925. The molecule has 22 heavy (non-hydrogen) atoms. The van der Waals surface area contributed by atoms with Crippen molar-refractivity contribution in [1.82, 2.24) is 0 Å². The van der Waals surface area contributed by atoms with Crippen molar-refractivity contribution in [1.29, 1.82) is 0 Å². The van der Waals surface area contributed by atoms with E-state index >= 15 is 0 Å². The number of carbonyl (C=O) groups is 1. The molecule has 0 aliphatic carbocycles. The highest BCUT2D eigenvalue weighted by Crippen LogP contribution is 2.32. The Morgan fingerprint density at radius 2 is 1.73 bits per heavy atom. The lowest BCUT2D eigenvalue weighted by Crippen LogP contribution is -2.12. The van der Waals surface area contributed by atoms with Crippen molar-refractivity contribution >= 4 is 29.2 Å². The summed E-state index contributed by atoms with van der Waals surface area (Å²) in [6, 6.07) is 8.53. The first kappa shape index (κ1) is 16.3. The number of halogens is 2. The van der Waals surface area contributed by atoms with Gasteiger partial charge in [0.05, 0.1) is 10.0 Å². The molecule has 0 aliphatic rings. The largest absolute Gasteiger partial charge is 0.508 e. The predicted molar refractivity (Wildman–Crippen MR) is 82.0 cm³/mol. The van der Waals surface area contributed by atoms with E-state index in [0.717, 1.165) is 6.07 Å². The van der Waals surface area contributed by atoms with Gasteiger partial charge >= 0.3 is 5.97 Å². The molecule has 0 heterocycles. The molecule has 0 atom stereocenters. The minimum atomic E-state index is -0.730. The van der Waals surface area contributed by atoms with Gasteiger partial charge in [0, 0.05) is 6.07 Å². The van der Waals surface area contributed by atoms with Crippen LogP contribution in [0.25, 0.3) is 0 Å². The fraction of sp³-hybridized carbons (Fsp3) is 0.133. The molecule has 0 unspecified atom stereocenters. The topological polar surface area (TPSA) is 76.0 Å². The maximum atomic E-state index is 11.8. The lowest BCUT2D eigenvalue weighted by atomic mass is 10.2. The second-order valence-electron chi connectivity index (χ2n) is 4.24. The summed E-state index contributed by atoms with van der Waals surface area (Å²) in [5, 5.41) is 19.4. The summed E-state index contributed by atoms with van der Waals surface area (Å²) < 4.78 is 10.3. The molecule has 0 aromatic heterocycles. The van der Waals surface area contributed by atoms with Gasteiger partial charge < -0.3 is 19.7 Å². The monoisotopic (exact) mass is 342 g/mol. The van der Waals surface area contributed by atoms with E-state index in [1.807, 2.05) is 0 Å². The van der Waals surface area contributed by atoms with Crippen LogP contribution < -0.4 is 4.74 Å². The third-order valence-electron chi connectivity index (χ3n) is 2.68. The van der Waals surface area contributed by atoms with Crippen molar-refractivity contribution in [3.63, 3.8) is 0 Å². The molecule has 0 fully saturated rings. The average Bonchev–Trinajstić information content (AvgIpc) is 2.45. The molecule has 0 amide bonds. The minimum absolute atomic E-state index is 0.0476. The predicted octanol–water partition coefficient (Wildman–Crippen LogP) is 3.64. The smallest absolute Gasteiger partial charge is 0.342 e. The van der Waals surface area contributed by atoms with Crippen LogP contribution in [0.5, 0.6) is 17.2 Å². The maximum absolute atomic E-state index is 11.8. The quantitative estimate of drug-likeness (QED) is 0.640.